The normalized spacial score (nSPS) is 8.92. The van der Waals surface area contributed by atoms with Crippen molar-refractivity contribution in [2.45, 2.75) is 0 Å². The topological polar surface area (TPSA) is 52.9 Å². The minimum atomic E-state index is -0.327. The van der Waals surface area contributed by atoms with E-state index >= 15 is 0 Å². The molecule has 1 N–H and O–H groups in total. The average Bonchev–Trinajstić information content (AvgIpc) is 2.15. The first-order valence-corrected chi connectivity index (χ1v) is 4.03. The van der Waals surface area contributed by atoms with Gasteiger partial charge in [-0.05, 0) is 12.1 Å². The van der Waals surface area contributed by atoms with E-state index in [2.05, 4.69) is 5.32 Å². The van der Waals surface area contributed by atoms with Crippen molar-refractivity contribution in [3.63, 3.8) is 0 Å². The SMILES string of the molecule is N#CCNC(=O)c1ccccc1Cl. The number of nitriles is 1. The zero-order chi connectivity index (χ0) is 9.68. The van der Waals surface area contributed by atoms with E-state index in [1.807, 2.05) is 6.07 Å². The number of nitrogens with one attached hydrogen (secondary N) is 1. The van der Waals surface area contributed by atoms with Crippen LogP contribution in [0.15, 0.2) is 24.3 Å². The summed E-state index contributed by atoms with van der Waals surface area (Å²) in [6.45, 7) is -0.00986. The second-order valence-corrected chi connectivity index (χ2v) is 2.73. The number of carbonyl (C=O) groups excluding carboxylic acids is 1. The number of hydrogen-bond donors (Lipinski definition) is 1. The Balaban J connectivity index is 2.78. The van der Waals surface area contributed by atoms with Crippen molar-refractivity contribution in [2.75, 3.05) is 6.54 Å². The predicted molar refractivity (Wildman–Crippen MR) is 49.4 cm³/mol. The molecule has 0 radical (unpaired) electrons. The zero-order valence-electron chi connectivity index (χ0n) is 6.75. The van der Waals surface area contributed by atoms with Gasteiger partial charge in [-0.15, -0.1) is 0 Å². The molecule has 0 unspecified atom stereocenters. The van der Waals surface area contributed by atoms with Crippen LogP contribution in [0.1, 0.15) is 10.4 Å². The Morgan fingerprint density at radius 1 is 1.54 bits per heavy atom. The van der Waals surface area contributed by atoms with Gasteiger partial charge in [0.1, 0.15) is 6.54 Å². The molecule has 66 valence electrons. The van der Waals surface area contributed by atoms with Crippen LogP contribution in [0.4, 0.5) is 0 Å². The number of carbonyl (C=O) groups is 1. The molecule has 0 saturated carbocycles. The third-order valence-electron chi connectivity index (χ3n) is 1.45. The lowest BCUT2D eigenvalue weighted by atomic mass is 10.2. The first kappa shape index (κ1) is 9.56. The Labute approximate surface area is 80.9 Å². The van der Waals surface area contributed by atoms with Crippen LogP contribution in [0.3, 0.4) is 0 Å². The molecule has 0 heterocycles. The van der Waals surface area contributed by atoms with Gasteiger partial charge in [0.05, 0.1) is 16.7 Å². The van der Waals surface area contributed by atoms with E-state index in [-0.39, 0.29) is 12.5 Å². The second kappa shape index (κ2) is 4.48. The number of rotatable bonds is 2. The monoisotopic (exact) mass is 194 g/mol. The molecule has 4 heteroatoms. The Morgan fingerprint density at radius 3 is 2.85 bits per heavy atom. The van der Waals surface area contributed by atoms with Gasteiger partial charge in [-0.25, -0.2) is 0 Å². The molecule has 1 amide bonds. The largest absolute Gasteiger partial charge is 0.339 e. The minimum absolute atomic E-state index is 0.00986. The van der Waals surface area contributed by atoms with Crippen molar-refractivity contribution in [3.05, 3.63) is 34.9 Å². The summed E-state index contributed by atoms with van der Waals surface area (Å²) in [5.74, 6) is -0.327. The molecule has 13 heavy (non-hydrogen) atoms. The fourth-order valence-electron chi connectivity index (χ4n) is 0.860. The molecular formula is C9H7ClN2O. The highest BCUT2D eigenvalue weighted by Gasteiger charge is 2.07. The maximum Gasteiger partial charge on any atom is 0.253 e. The quantitative estimate of drug-likeness (QED) is 0.727. The van der Waals surface area contributed by atoms with E-state index in [1.54, 1.807) is 24.3 Å². The lowest BCUT2D eigenvalue weighted by Gasteiger charge is -2.01. The molecule has 1 rings (SSSR count). The van der Waals surface area contributed by atoms with Gasteiger partial charge < -0.3 is 5.32 Å². The molecule has 0 aliphatic carbocycles. The zero-order valence-corrected chi connectivity index (χ0v) is 7.51. The molecule has 0 fully saturated rings. The molecule has 0 atom stereocenters. The van der Waals surface area contributed by atoms with Gasteiger partial charge in [0.25, 0.3) is 5.91 Å². The van der Waals surface area contributed by atoms with Gasteiger partial charge in [-0.1, -0.05) is 23.7 Å². The van der Waals surface area contributed by atoms with Gasteiger partial charge in [-0.2, -0.15) is 5.26 Å². The van der Waals surface area contributed by atoms with Crippen LogP contribution in [-0.4, -0.2) is 12.5 Å². The Kier molecular flexibility index (Phi) is 3.30. The summed E-state index contributed by atoms with van der Waals surface area (Å²) in [4.78, 5) is 11.3. The van der Waals surface area contributed by atoms with Crippen molar-refractivity contribution in [3.8, 4) is 6.07 Å². The van der Waals surface area contributed by atoms with Crippen LogP contribution < -0.4 is 5.32 Å². The molecular weight excluding hydrogens is 188 g/mol. The highest BCUT2D eigenvalue weighted by Crippen LogP contribution is 2.14. The van der Waals surface area contributed by atoms with Crippen LogP contribution in [0.25, 0.3) is 0 Å². The third kappa shape index (κ3) is 2.46. The van der Waals surface area contributed by atoms with E-state index in [4.69, 9.17) is 16.9 Å². The van der Waals surface area contributed by atoms with Gasteiger partial charge in [0.15, 0.2) is 0 Å². The second-order valence-electron chi connectivity index (χ2n) is 2.32. The number of amides is 1. The molecule has 0 aliphatic heterocycles. The van der Waals surface area contributed by atoms with Crippen LogP contribution >= 0.6 is 11.6 Å². The molecule has 1 aromatic carbocycles. The summed E-state index contributed by atoms with van der Waals surface area (Å²) in [5.41, 5.74) is 0.388. The van der Waals surface area contributed by atoms with E-state index in [9.17, 15) is 4.79 Å². The lowest BCUT2D eigenvalue weighted by molar-refractivity contribution is 0.0958. The van der Waals surface area contributed by atoms with Crippen molar-refractivity contribution in [1.82, 2.24) is 5.32 Å². The number of nitrogens with zero attached hydrogens (tertiary/aromatic N) is 1. The van der Waals surface area contributed by atoms with Crippen LogP contribution in [0, 0.1) is 11.3 Å². The van der Waals surface area contributed by atoms with Crippen molar-refractivity contribution < 1.29 is 4.79 Å². The molecule has 0 spiro atoms. The molecule has 1 aromatic rings. The highest BCUT2D eigenvalue weighted by molar-refractivity contribution is 6.33. The number of hydrogen-bond acceptors (Lipinski definition) is 2. The minimum Gasteiger partial charge on any atom is -0.339 e. The Morgan fingerprint density at radius 2 is 2.23 bits per heavy atom. The van der Waals surface area contributed by atoms with E-state index in [0.717, 1.165) is 0 Å². The molecule has 0 aromatic heterocycles. The van der Waals surface area contributed by atoms with Crippen molar-refractivity contribution >= 4 is 17.5 Å². The van der Waals surface area contributed by atoms with Gasteiger partial charge in [-0.3, -0.25) is 4.79 Å². The molecule has 0 saturated heterocycles. The summed E-state index contributed by atoms with van der Waals surface area (Å²) < 4.78 is 0. The Hall–Kier alpha value is -1.53. The van der Waals surface area contributed by atoms with Crippen LogP contribution in [0.5, 0.6) is 0 Å². The first-order chi connectivity index (χ1) is 6.25. The number of benzene rings is 1. The summed E-state index contributed by atoms with van der Waals surface area (Å²) in [7, 11) is 0. The van der Waals surface area contributed by atoms with Crippen LogP contribution in [-0.2, 0) is 0 Å². The summed E-state index contributed by atoms with van der Waals surface area (Å²) in [5, 5.41) is 11.0. The fraction of sp³-hybridized carbons (Fsp3) is 0.111. The van der Waals surface area contributed by atoms with Gasteiger partial charge in [0.2, 0.25) is 0 Å². The summed E-state index contributed by atoms with van der Waals surface area (Å²) in [6, 6.07) is 8.50. The van der Waals surface area contributed by atoms with Gasteiger partial charge in [0, 0.05) is 0 Å². The highest BCUT2D eigenvalue weighted by atomic mass is 35.5. The van der Waals surface area contributed by atoms with E-state index in [1.165, 1.54) is 0 Å². The smallest absolute Gasteiger partial charge is 0.253 e. The predicted octanol–water partition coefficient (Wildman–Crippen LogP) is 1.59. The number of halogens is 1. The summed E-state index contributed by atoms with van der Waals surface area (Å²) >= 11 is 5.75. The third-order valence-corrected chi connectivity index (χ3v) is 1.78. The maximum absolute atomic E-state index is 11.3. The summed E-state index contributed by atoms with van der Waals surface area (Å²) in [6.07, 6.45) is 0. The Bertz CT molecular complexity index is 357. The molecule has 0 aliphatic rings. The van der Waals surface area contributed by atoms with Gasteiger partial charge >= 0.3 is 0 Å². The van der Waals surface area contributed by atoms with Crippen molar-refractivity contribution in [1.29, 1.82) is 5.26 Å². The van der Waals surface area contributed by atoms with E-state index < -0.39 is 0 Å². The van der Waals surface area contributed by atoms with Crippen LogP contribution in [0.2, 0.25) is 5.02 Å². The van der Waals surface area contributed by atoms with Crippen molar-refractivity contribution in [2.24, 2.45) is 0 Å². The molecule has 3 nitrogen and oxygen atoms in total. The van der Waals surface area contributed by atoms with E-state index in [0.29, 0.717) is 10.6 Å². The average molecular weight is 195 g/mol. The maximum atomic E-state index is 11.3. The first-order valence-electron chi connectivity index (χ1n) is 3.65. The lowest BCUT2D eigenvalue weighted by Crippen LogP contribution is -2.23. The molecule has 0 bridgehead atoms. The standard InChI is InChI=1S/C9H7ClN2O/c10-8-4-2-1-3-7(8)9(13)12-6-5-11/h1-4H,6H2,(H,12,13). The fourth-order valence-corrected chi connectivity index (χ4v) is 1.08.